The minimum atomic E-state index is -2.21. The number of halogens is 2. The standard InChI is InChI=1S/C18H26F2N2/c1-13-16(14-5-3-2-4-6-14)11-17(13)21-15-7-9-22(10-8-15)12-18(19)20/h2-6,13,15-18,21H,7-12H2,1H3. The van der Waals surface area contributed by atoms with Gasteiger partial charge in [-0.2, -0.15) is 0 Å². The maximum Gasteiger partial charge on any atom is 0.251 e. The molecule has 2 nitrogen and oxygen atoms in total. The normalized spacial score (nSPS) is 30.5. The van der Waals surface area contributed by atoms with Crippen molar-refractivity contribution in [2.75, 3.05) is 19.6 Å². The highest BCUT2D eigenvalue weighted by Crippen LogP contribution is 2.42. The summed E-state index contributed by atoms with van der Waals surface area (Å²) in [6.45, 7) is 3.85. The van der Waals surface area contributed by atoms with Crippen molar-refractivity contribution in [1.29, 1.82) is 0 Å². The van der Waals surface area contributed by atoms with Crippen LogP contribution in [0.25, 0.3) is 0 Å². The lowest BCUT2D eigenvalue weighted by atomic mass is 9.67. The fourth-order valence-corrected chi connectivity index (χ4v) is 3.93. The molecule has 1 aliphatic carbocycles. The van der Waals surface area contributed by atoms with E-state index in [4.69, 9.17) is 0 Å². The van der Waals surface area contributed by atoms with Crippen molar-refractivity contribution in [3.63, 3.8) is 0 Å². The van der Waals surface area contributed by atoms with Gasteiger partial charge in [-0.3, -0.25) is 4.90 Å². The lowest BCUT2D eigenvalue weighted by Gasteiger charge is -2.46. The summed E-state index contributed by atoms with van der Waals surface area (Å²) in [7, 11) is 0. The zero-order valence-electron chi connectivity index (χ0n) is 13.2. The van der Waals surface area contributed by atoms with Crippen molar-refractivity contribution in [3.05, 3.63) is 35.9 Å². The van der Waals surface area contributed by atoms with Gasteiger partial charge in [0.25, 0.3) is 6.43 Å². The summed E-state index contributed by atoms with van der Waals surface area (Å²) in [5.41, 5.74) is 1.44. The minimum Gasteiger partial charge on any atom is -0.311 e. The molecule has 22 heavy (non-hydrogen) atoms. The van der Waals surface area contributed by atoms with Crippen LogP contribution in [0.5, 0.6) is 0 Å². The fourth-order valence-electron chi connectivity index (χ4n) is 3.93. The zero-order valence-corrected chi connectivity index (χ0v) is 13.2. The molecule has 1 aromatic rings. The average Bonchev–Trinajstić information content (AvgIpc) is 2.52. The van der Waals surface area contributed by atoms with Crippen molar-refractivity contribution in [2.24, 2.45) is 5.92 Å². The number of hydrogen-bond donors (Lipinski definition) is 1. The molecular formula is C18H26F2N2. The third kappa shape index (κ3) is 3.66. The molecule has 1 saturated heterocycles. The fraction of sp³-hybridized carbons (Fsp3) is 0.667. The van der Waals surface area contributed by atoms with Crippen LogP contribution in [0.15, 0.2) is 30.3 Å². The lowest BCUT2D eigenvalue weighted by molar-refractivity contribution is 0.0668. The molecule has 4 heteroatoms. The molecule has 1 saturated carbocycles. The van der Waals surface area contributed by atoms with E-state index < -0.39 is 6.43 Å². The predicted octanol–water partition coefficient (Wildman–Crippen LogP) is 3.50. The third-order valence-electron chi connectivity index (χ3n) is 5.44. The molecular weight excluding hydrogens is 282 g/mol. The van der Waals surface area contributed by atoms with Crippen LogP contribution in [0.4, 0.5) is 8.78 Å². The molecule has 0 radical (unpaired) electrons. The van der Waals surface area contributed by atoms with Crippen LogP contribution in [0.3, 0.4) is 0 Å². The number of rotatable bonds is 5. The van der Waals surface area contributed by atoms with E-state index in [-0.39, 0.29) is 6.54 Å². The van der Waals surface area contributed by atoms with Crippen molar-refractivity contribution in [1.82, 2.24) is 10.2 Å². The Morgan fingerprint density at radius 3 is 2.45 bits per heavy atom. The molecule has 0 spiro atoms. The van der Waals surface area contributed by atoms with Crippen LogP contribution in [-0.2, 0) is 0 Å². The van der Waals surface area contributed by atoms with Gasteiger partial charge in [0.1, 0.15) is 0 Å². The summed E-state index contributed by atoms with van der Waals surface area (Å²) in [5, 5.41) is 3.76. The molecule has 1 aromatic carbocycles. The number of alkyl halides is 2. The van der Waals surface area contributed by atoms with E-state index in [1.54, 1.807) is 0 Å². The van der Waals surface area contributed by atoms with Crippen molar-refractivity contribution >= 4 is 0 Å². The SMILES string of the molecule is CC1C(NC2CCN(CC(F)F)CC2)CC1c1ccccc1. The first-order chi connectivity index (χ1) is 10.6. The number of benzene rings is 1. The Hall–Kier alpha value is -1.00. The van der Waals surface area contributed by atoms with Crippen molar-refractivity contribution in [2.45, 2.75) is 50.6 Å². The zero-order chi connectivity index (χ0) is 15.5. The van der Waals surface area contributed by atoms with Crippen molar-refractivity contribution < 1.29 is 8.78 Å². The van der Waals surface area contributed by atoms with Crippen LogP contribution in [0, 0.1) is 5.92 Å². The Morgan fingerprint density at radius 2 is 1.86 bits per heavy atom. The number of nitrogens with zero attached hydrogens (tertiary/aromatic N) is 1. The topological polar surface area (TPSA) is 15.3 Å². The van der Waals surface area contributed by atoms with Gasteiger partial charge in [0.05, 0.1) is 6.54 Å². The van der Waals surface area contributed by atoms with E-state index in [2.05, 4.69) is 42.6 Å². The third-order valence-corrected chi connectivity index (χ3v) is 5.44. The number of nitrogens with one attached hydrogen (secondary N) is 1. The van der Waals surface area contributed by atoms with E-state index in [1.165, 1.54) is 12.0 Å². The Balaban J connectivity index is 1.42. The molecule has 3 rings (SSSR count). The Labute approximate surface area is 131 Å². The van der Waals surface area contributed by atoms with E-state index in [1.807, 2.05) is 4.90 Å². The molecule has 1 heterocycles. The number of piperidine rings is 1. The summed E-state index contributed by atoms with van der Waals surface area (Å²) in [6, 6.07) is 11.8. The largest absolute Gasteiger partial charge is 0.311 e. The number of hydrogen-bond acceptors (Lipinski definition) is 2. The van der Waals surface area contributed by atoms with Gasteiger partial charge in [-0.1, -0.05) is 37.3 Å². The maximum atomic E-state index is 12.4. The van der Waals surface area contributed by atoms with Crippen LogP contribution in [0.1, 0.15) is 37.7 Å². The van der Waals surface area contributed by atoms with Gasteiger partial charge >= 0.3 is 0 Å². The van der Waals surface area contributed by atoms with Gasteiger partial charge in [0, 0.05) is 12.1 Å². The summed E-state index contributed by atoms with van der Waals surface area (Å²) in [4.78, 5) is 1.89. The molecule has 122 valence electrons. The summed E-state index contributed by atoms with van der Waals surface area (Å²) in [5.74, 6) is 1.32. The Bertz CT molecular complexity index is 457. The number of likely N-dealkylation sites (tertiary alicyclic amines) is 1. The highest BCUT2D eigenvalue weighted by atomic mass is 19.3. The van der Waals surface area contributed by atoms with Gasteiger partial charge in [0.15, 0.2) is 0 Å². The molecule has 0 aromatic heterocycles. The van der Waals surface area contributed by atoms with Crippen LogP contribution < -0.4 is 5.32 Å². The van der Waals surface area contributed by atoms with Gasteiger partial charge < -0.3 is 5.32 Å². The first-order valence-electron chi connectivity index (χ1n) is 8.45. The van der Waals surface area contributed by atoms with Crippen LogP contribution in [-0.4, -0.2) is 43.0 Å². The molecule has 3 unspecified atom stereocenters. The molecule has 1 N–H and O–H groups in total. The Morgan fingerprint density at radius 1 is 1.18 bits per heavy atom. The summed E-state index contributed by atoms with van der Waals surface area (Å²) in [6.07, 6.45) is 0.975. The van der Waals surface area contributed by atoms with E-state index >= 15 is 0 Å². The molecule has 0 bridgehead atoms. The maximum absolute atomic E-state index is 12.4. The van der Waals surface area contributed by atoms with E-state index in [0.717, 1.165) is 25.9 Å². The first-order valence-corrected chi connectivity index (χ1v) is 8.45. The predicted molar refractivity (Wildman–Crippen MR) is 85.4 cm³/mol. The highest BCUT2D eigenvalue weighted by molar-refractivity contribution is 5.24. The highest BCUT2D eigenvalue weighted by Gasteiger charge is 2.39. The second-order valence-electron chi connectivity index (χ2n) is 6.85. The molecule has 2 aliphatic rings. The first kappa shape index (κ1) is 15.9. The molecule has 0 amide bonds. The van der Waals surface area contributed by atoms with Gasteiger partial charge in [0.2, 0.25) is 0 Å². The second-order valence-corrected chi connectivity index (χ2v) is 6.85. The Kier molecular flexibility index (Phi) is 5.09. The average molecular weight is 308 g/mol. The second kappa shape index (κ2) is 7.05. The smallest absolute Gasteiger partial charge is 0.251 e. The minimum absolute atomic E-state index is 0.0668. The summed E-state index contributed by atoms with van der Waals surface area (Å²) < 4.78 is 24.8. The van der Waals surface area contributed by atoms with E-state index in [0.29, 0.717) is 23.9 Å². The summed E-state index contributed by atoms with van der Waals surface area (Å²) >= 11 is 0. The monoisotopic (exact) mass is 308 g/mol. The molecule has 3 atom stereocenters. The van der Waals surface area contributed by atoms with Gasteiger partial charge in [-0.05, 0) is 49.8 Å². The van der Waals surface area contributed by atoms with Gasteiger partial charge in [-0.15, -0.1) is 0 Å². The molecule has 1 aliphatic heterocycles. The lowest BCUT2D eigenvalue weighted by Crippen LogP contribution is -2.54. The van der Waals surface area contributed by atoms with Crippen molar-refractivity contribution in [3.8, 4) is 0 Å². The van der Waals surface area contributed by atoms with E-state index in [9.17, 15) is 8.78 Å². The van der Waals surface area contributed by atoms with Crippen LogP contribution in [0.2, 0.25) is 0 Å². The van der Waals surface area contributed by atoms with Gasteiger partial charge in [-0.25, -0.2) is 8.78 Å². The van der Waals surface area contributed by atoms with Crippen LogP contribution >= 0.6 is 0 Å². The molecule has 2 fully saturated rings. The quantitative estimate of drug-likeness (QED) is 0.895.